The third-order valence-electron chi connectivity index (χ3n) is 3.94. The number of hydrogen-bond donors (Lipinski definition) is 0. The van der Waals surface area contributed by atoms with Crippen LogP contribution in [0, 0.1) is 10.1 Å². The van der Waals surface area contributed by atoms with Crippen LogP contribution in [0.4, 0.5) is 11.6 Å². The largest absolute Gasteiger partial charge is 0.494 e. The van der Waals surface area contributed by atoms with Gasteiger partial charge in [-0.1, -0.05) is 11.8 Å². The van der Waals surface area contributed by atoms with Crippen LogP contribution in [0.2, 0.25) is 0 Å². The summed E-state index contributed by atoms with van der Waals surface area (Å²) < 4.78 is 13.0. The first-order valence-electron chi connectivity index (χ1n) is 8.37. The Balaban J connectivity index is 1.41. The molecule has 10 heteroatoms. The summed E-state index contributed by atoms with van der Waals surface area (Å²) >= 11 is 1.64. The molecule has 0 radical (unpaired) electrons. The normalized spacial score (nSPS) is 14.4. The van der Waals surface area contributed by atoms with E-state index in [2.05, 4.69) is 15.1 Å². The van der Waals surface area contributed by atoms with Gasteiger partial charge in [0.1, 0.15) is 5.75 Å². The van der Waals surface area contributed by atoms with Crippen LogP contribution in [0.25, 0.3) is 0 Å². The number of aromatic nitrogens is 3. The van der Waals surface area contributed by atoms with Crippen molar-refractivity contribution in [2.24, 2.45) is 7.05 Å². The maximum atomic E-state index is 10.6. The number of anilines is 1. The van der Waals surface area contributed by atoms with Crippen molar-refractivity contribution in [3.63, 3.8) is 0 Å². The van der Waals surface area contributed by atoms with Crippen molar-refractivity contribution < 1.29 is 14.4 Å². The number of nitrogens with zero attached hydrogens (tertiary/aromatic N) is 5. The van der Waals surface area contributed by atoms with Gasteiger partial charge in [-0.05, 0) is 18.6 Å². The maximum Gasteiger partial charge on any atom is 0.269 e. The van der Waals surface area contributed by atoms with Gasteiger partial charge in [0, 0.05) is 38.0 Å². The van der Waals surface area contributed by atoms with E-state index in [0.29, 0.717) is 12.4 Å². The van der Waals surface area contributed by atoms with Crippen LogP contribution in [0.3, 0.4) is 0 Å². The minimum atomic E-state index is -0.424. The molecule has 3 rings (SSSR count). The Morgan fingerprint density at radius 3 is 2.69 bits per heavy atom. The van der Waals surface area contributed by atoms with E-state index in [1.807, 2.05) is 11.6 Å². The lowest BCUT2D eigenvalue weighted by Crippen LogP contribution is -2.37. The third kappa shape index (κ3) is 4.64. The summed E-state index contributed by atoms with van der Waals surface area (Å²) in [6, 6.07) is 6.11. The van der Waals surface area contributed by atoms with Crippen LogP contribution >= 0.6 is 11.8 Å². The molecule has 0 atom stereocenters. The van der Waals surface area contributed by atoms with E-state index in [1.54, 1.807) is 23.9 Å². The summed E-state index contributed by atoms with van der Waals surface area (Å²) in [6.07, 6.45) is 0.835. The highest BCUT2D eigenvalue weighted by atomic mass is 32.2. The van der Waals surface area contributed by atoms with Crippen LogP contribution in [0.5, 0.6) is 5.75 Å². The second-order valence-corrected chi connectivity index (χ2v) is 6.80. The van der Waals surface area contributed by atoms with Gasteiger partial charge in [-0.3, -0.25) is 14.7 Å². The Labute approximate surface area is 155 Å². The number of benzene rings is 1. The van der Waals surface area contributed by atoms with E-state index in [-0.39, 0.29) is 5.69 Å². The molecule has 2 heterocycles. The fourth-order valence-corrected chi connectivity index (χ4v) is 3.37. The van der Waals surface area contributed by atoms with Crippen molar-refractivity contribution in [3.8, 4) is 5.75 Å². The number of nitro groups is 1. The molecule has 0 amide bonds. The molecular formula is C16H21N5O4S. The van der Waals surface area contributed by atoms with Gasteiger partial charge in [0.05, 0.1) is 24.7 Å². The van der Waals surface area contributed by atoms with Crippen molar-refractivity contribution in [2.75, 3.05) is 43.6 Å². The number of rotatable bonds is 8. The lowest BCUT2D eigenvalue weighted by Gasteiger charge is -2.27. The monoisotopic (exact) mass is 379 g/mol. The Morgan fingerprint density at radius 2 is 2.00 bits per heavy atom. The predicted molar refractivity (Wildman–Crippen MR) is 98.0 cm³/mol. The first-order valence-corrected chi connectivity index (χ1v) is 9.36. The quantitative estimate of drug-likeness (QED) is 0.298. The number of thioether (sulfide) groups is 1. The zero-order valence-electron chi connectivity index (χ0n) is 14.5. The number of ether oxygens (including phenoxy) is 2. The third-order valence-corrected chi connectivity index (χ3v) is 5.05. The van der Waals surface area contributed by atoms with Crippen LogP contribution in [0.1, 0.15) is 6.42 Å². The van der Waals surface area contributed by atoms with E-state index in [1.165, 1.54) is 12.1 Å². The lowest BCUT2D eigenvalue weighted by molar-refractivity contribution is -0.384. The lowest BCUT2D eigenvalue weighted by atomic mass is 10.3. The first-order chi connectivity index (χ1) is 12.6. The van der Waals surface area contributed by atoms with Crippen molar-refractivity contribution >= 4 is 23.4 Å². The van der Waals surface area contributed by atoms with E-state index in [9.17, 15) is 10.1 Å². The Kier molecular flexibility index (Phi) is 6.29. The summed E-state index contributed by atoms with van der Waals surface area (Å²) in [7, 11) is 1.97. The molecule has 0 N–H and O–H groups in total. The highest BCUT2D eigenvalue weighted by Gasteiger charge is 2.18. The molecule has 26 heavy (non-hydrogen) atoms. The molecule has 9 nitrogen and oxygen atoms in total. The standard InChI is InChI=1S/C16H21N5O4S/c1-19-15(20-7-10-24-11-8-20)17-18-16(19)26-12-2-9-25-14-5-3-13(4-6-14)21(22)23/h3-6H,2,7-12H2,1H3. The molecular weight excluding hydrogens is 358 g/mol. The Morgan fingerprint density at radius 1 is 1.27 bits per heavy atom. The first kappa shape index (κ1) is 18.5. The van der Waals surface area contributed by atoms with Gasteiger partial charge in [-0.2, -0.15) is 0 Å². The summed E-state index contributed by atoms with van der Waals surface area (Å²) in [5.74, 6) is 2.36. The minimum Gasteiger partial charge on any atom is -0.494 e. The maximum absolute atomic E-state index is 10.6. The molecule has 0 spiro atoms. The smallest absolute Gasteiger partial charge is 0.269 e. The number of non-ortho nitro benzene ring substituents is 1. The molecule has 140 valence electrons. The zero-order valence-corrected chi connectivity index (χ0v) is 15.4. The van der Waals surface area contributed by atoms with Gasteiger partial charge in [0.25, 0.3) is 5.69 Å². The van der Waals surface area contributed by atoms with Gasteiger partial charge in [0.2, 0.25) is 5.95 Å². The molecule has 0 aliphatic carbocycles. The van der Waals surface area contributed by atoms with Crippen LogP contribution in [0.15, 0.2) is 29.4 Å². The summed E-state index contributed by atoms with van der Waals surface area (Å²) in [4.78, 5) is 12.4. The number of hydrogen-bond acceptors (Lipinski definition) is 8. The summed E-state index contributed by atoms with van der Waals surface area (Å²) in [5, 5.41) is 20.0. The van der Waals surface area contributed by atoms with E-state index in [0.717, 1.165) is 49.6 Å². The minimum absolute atomic E-state index is 0.0614. The van der Waals surface area contributed by atoms with Crippen LogP contribution in [-0.2, 0) is 11.8 Å². The molecule has 1 aromatic heterocycles. The molecule has 0 bridgehead atoms. The SMILES string of the molecule is Cn1c(SCCCOc2ccc([N+](=O)[O-])cc2)nnc1N1CCOCC1. The van der Waals surface area contributed by atoms with Gasteiger partial charge < -0.3 is 14.4 Å². The molecule has 0 unspecified atom stereocenters. The molecule has 0 saturated carbocycles. The fourth-order valence-electron chi connectivity index (χ4n) is 2.55. The fraction of sp³-hybridized carbons (Fsp3) is 0.500. The molecule has 2 aromatic rings. The molecule has 1 saturated heterocycles. The van der Waals surface area contributed by atoms with E-state index in [4.69, 9.17) is 9.47 Å². The van der Waals surface area contributed by atoms with Gasteiger partial charge in [-0.25, -0.2) is 0 Å². The highest BCUT2D eigenvalue weighted by Crippen LogP contribution is 2.22. The summed E-state index contributed by atoms with van der Waals surface area (Å²) in [6.45, 7) is 3.64. The number of morpholine rings is 1. The second-order valence-electron chi connectivity index (χ2n) is 5.74. The average Bonchev–Trinajstić information content (AvgIpc) is 3.03. The van der Waals surface area contributed by atoms with Crippen LogP contribution < -0.4 is 9.64 Å². The van der Waals surface area contributed by atoms with Crippen molar-refractivity contribution in [3.05, 3.63) is 34.4 Å². The zero-order chi connectivity index (χ0) is 18.4. The predicted octanol–water partition coefficient (Wildman–Crippen LogP) is 2.12. The van der Waals surface area contributed by atoms with Crippen LogP contribution in [-0.4, -0.2) is 58.4 Å². The Bertz CT molecular complexity index is 731. The van der Waals surface area contributed by atoms with Gasteiger partial charge >= 0.3 is 0 Å². The van der Waals surface area contributed by atoms with E-state index >= 15 is 0 Å². The Hall–Kier alpha value is -2.33. The second kappa shape index (κ2) is 8.86. The number of nitro benzene ring substituents is 1. The molecule has 1 aliphatic heterocycles. The molecule has 1 fully saturated rings. The van der Waals surface area contributed by atoms with Crippen molar-refractivity contribution in [2.45, 2.75) is 11.6 Å². The van der Waals surface area contributed by atoms with Crippen molar-refractivity contribution in [1.29, 1.82) is 0 Å². The molecule has 1 aromatic carbocycles. The molecule has 1 aliphatic rings. The van der Waals surface area contributed by atoms with Crippen molar-refractivity contribution in [1.82, 2.24) is 14.8 Å². The van der Waals surface area contributed by atoms with Gasteiger partial charge in [-0.15, -0.1) is 10.2 Å². The van der Waals surface area contributed by atoms with E-state index < -0.39 is 4.92 Å². The van der Waals surface area contributed by atoms with Gasteiger partial charge in [0.15, 0.2) is 5.16 Å². The topological polar surface area (TPSA) is 95.5 Å². The summed E-state index contributed by atoms with van der Waals surface area (Å²) in [5.41, 5.74) is 0.0614. The average molecular weight is 379 g/mol. The highest BCUT2D eigenvalue weighted by molar-refractivity contribution is 7.99.